The molecule has 2 heterocycles. The molecule has 0 saturated carbocycles. The van der Waals surface area contributed by atoms with Crippen molar-refractivity contribution >= 4 is 29.3 Å². The second-order valence-corrected chi connectivity index (χ2v) is 6.04. The number of amides is 1. The molecule has 1 N–H and O–H groups in total. The molecule has 1 aromatic carbocycles. The molecular weight excluding hydrogens is 312 g/mol. The lowest BCUT2D eigenvalue weighted by atomic mass is 10.1. The number of carbonyl (C=O) groups excluding carboxylic acids is 1. The number of hydrogen-bond acceptors (Lipinski definition) is 4. The van der Waals surface area contributed by atoms with Crippen LogP contribution in [0.15, 0.2) is 30.3 Å². The number of anilines is 2. The molecule has 0 aliphatic carbocycles. The summed E-state index contributed by atoms with van der Waals surface area (Å²) in [5.74, 6) is 0.889. The van der Waals surface area contributed by atoms with Gasteiger partial charge < -0.3 is 4.90 Å². The molecule has 120 valence electrons. The molecule has 1 fully saturated rings. The number of benzene rings is 1. The number of halogens is 1. The Kier molecular flexibility index (Phi) is 4.76. The van der Waals surface area contributed by atoms with Crippen LogP contribution >= 0.6 is 11.6 Å². The van der Waals surface area contributed by atoms with E-state index in [4.69, 9.17) is 11.6 Å². The predicted molar refractivity (Wildman–Crippen MR) is 92.0 cm³/mol. The first-order valence-electron chi connectivity index (χ1n) is 7.76. The van der Waals surface area contributed by atoms with Gasteiger partial charge in [-0.1, -0.05) is 41.9 Å². The predicted octanol–water partition coefficient (Wildman–Crippen LogP) is 3.28. The van der Waals surface area contributed by atoms with Crippen LogP contribution < -0.4 is 10.2 Å². The van der Waals surface area contributed by atoms with Gasteiger partial charge in [-0.2, -0.15) is 4.98 Å². The van der Waals surface area contributed by atoms with Crippen molar-refractivity contribution in [1.82, 2.24) is 9.97 Å². The fourth-order valence-corrected chi connectivity index (χ4v) is 3.03. The quantitative estimate of drug-likeness (QED) is 0.874. The smallest absolute Gasteiger partial charge is 0.232 e. The summed E-state index contributed by atoms with van der Waals surface area (Å²) in [5, 5.41) is 3.03. The number of hydrogen-bond donors (Lipinski definition) is 1. The Morgan fingerprint density at radius 3 is 2.57 bits per heavy atom. The van der Waals surface area contributed by atoms with Crippen LogP contribution in [-0.4, -0.2) is 29.0 Å². The molecule has 0 bridgehead atoms. The van der Waals surface area contributed by atoms with E-state index in [-0.39, 0.29) is 11.9 Å². The topological polar surface area (TPSA) is 58.1 Å². The molecule has 1 amide bonds. The zero-order chi connectivity index (χ0) is 16.2. The fraction of sp³-hybridized carbons (Fsp3) is 0.353. The first-order valence-corrected chi connectivity index (χ1v) is 8.14. The average molecular weight is 331 g/mol. The molecule has 6 heteroatoms. The summed E-state index contributed by atoms with van der Waals surface area (Å²) in [6.07, 6.45) is 2.95. The highest BCUT2D eigenvalue weighted by molar-refractivity contribution is 6.30. The molecule has 1 aromatic heterocycles. The fourth-order valence-electron chi connectivity index (χ4n) is 2.80. The number of nitrogens with one attached hydrogen (secondary N) is 1. The van der Waals surface area contributed by atoms with E-state index in [1.54, 1.807) is 0 Å². The Hall–Kier alpha value is -2.14. The molecule has 2 aromatic rings. The van der Waals surface area contributed by atoms with E-state index in [1.165, 1.54) is 6.92 Å². The summed E-state index contributed by atoms with van der Waals surface area (Å²) in [5.41, 5.74) is 2.07. The van der Waals surface area contributed by atoms with E-state index in [1.807, 2.05) is 18.2 Å². The van der Waals surface area contributed by atoms with E-state index < -0.39 is 0 Å². The maximum atomic E-state index is 11.3. The highest BCUT2D eigenvalue weighted by Gasteiger charge is 2.22. The van der Waals surface area contributed by atoms with Crippen LogP contribution in [0.25, 0.3) is 0 Å². The highest BCUT2D eigenvalue weighted by atomic mass is 35.5. The Balaban J connectivity index is 2.00. The standard InChI is InChI=1S/C17H19ClN4O/c1-12(23)19-17-20-15(18)14(11-13-7-3-2-4-8-13)16(21-17)22-9-5-6-10-22/h2-4,7-8H,5-6,9-11H2,1H3,(H,19,20,21,23). The van der Waals surface area contributed by atoms with E-state index in [2.05, 4.69) is 32.3 Å². The lowest BCUT2D eigenvalue weighted by molar-refractivity contribution is -0.114. The van der Waals surface area contributed by atoms with Gasteiger partial charge in [0.05, 0.1) is 0 Å². The summed E-state index contributed by atoms with van der Waals surface area (Å²) < 4.78 is 0. The summed E-state index contributed by atoms with van der Waals surface area (Å²) >= 11 is 6.42. The maximum absolute atomic E-state index is 11.3. The van der Waals surface area contributed by atoms with Gasteiger partial charge in [0.2, 0.25) is 11.9 Å². The lowest BCUT2D eigenvalue weighted by Gasteiger charge is -2.21. The van der Waals surface area contributed by atoms with Gasteiger partial charge >= 0.3 is 0 Å². The van der Waals surface area contributed by atoms with Crippen LogP contribution in [0.1, 0.15) is 30.9 Å². The number of rotatable bonds is 4. The minimum Gasteiger partial charge on any atom is -0.356 e. The summed E-state index contributed by atoms with van der Waals surface area (Å²) in [6.45, 7) is 3.34. The second-order valence-electron chi connectivity index (χ2n) is 5.68. The van der Waals surface area contributed by atoms with Crippen LogP contribution in [0.5, 0.6) is 0 Å². The SMILES string of the molecule is CC(=O)Nc1nc(Cl)c(Cc2ccccc2)c(N2CCCC2)n1. The minimum atomic E-state index is -0.204. The van der Waals surface area contributed by atoms with Crippen LogP contribution in [-0.2, 0) is 11.2 Å². The van der Waals surface area contributed by atoms with E-state index >= 15 is 0 Å². The van der Waals surface area contributed by atoms with Crippen molar-refractivity contribution in [2.75, 3.05) is 23.3 Å². The average Bonchev–Trinajstić information content (AvgIpc) is 3.04. The molecule has 0 radical (unpaired) electrons. The third kappa shape index (κ3) is 3.79. The Morgan fingerprint density at radius 1 is 1.22 bits per heavy atom. The van der Waals surface area contributed by atoms with Crippen molar-refractivity contribution < 1.29 is 4.79 Å². The van der Waals surface area contributed by atoms with E-state index in [0.717, 1.165) is 42.9 Å². The van der Waals surface area contributed by atoms with Gasteiger partial charge in [-0.3, -0.25) is 10.1 Å². The minimum absolute atomic E-state index is 0.204. The molecule has 0 spiro atoms. The van der Waals surface area contributed by atoms with Crippen LogP contribution in [0.3, 0.4) is 0 Å². The van der Waals surface area contributed by atoms with Crippen molar-refractivity contribution in [3.05, 3.63) is 46.6 Å². The Labute approximate surface area is 140 Å². The lowest BCUT2D eigenvalue weighted by Crippen LogP contribution is -2.23. The largest absolute Gasteiger partial charge is 0.356 e. The summed E-state index contributed by atoms with van der Waals surface area (Å²) in [4.78, 5) is 22.3. The number of nitrogens with zero attached hydrogens (tertiary/aromatic N) is 3. The molecule has 0 atom stereocenters. The molecule has 3 rings (SSSR count). The van der Waals surface area contributed by atoms with Crippen LogP contribution in [0, 0.1) is 0 Å². The normalized spacial score (nSPS) is 14.1. The molecule has 1 aliphatic heterocycles. The van der Waals surface area contributed by atoms with Crippen molar-refractivity contribution in [2.45, 2.75) is 26.2 Å². The number of carbonyl (C=O) groups is 1. The van der Waals surface area contributed by atoms with Crippen molar-refractivity contribution in [1.29, 1.82) is 0 Å². The van der Waals surface area contributed by atoms with Gasteiger partial charge in [-0.15, -0.1) is 0 Å². The highest BCUT2D eigenvalue weighted by Crippen LogP contribution is 2.30. The van der Waals surface area contributed by atoms with Crippen molar-refractivity contribution in [3.8, 4) is 0 Å². The van der Waals surface area contributed by atoms with Crippen LogP contribution in [0.2, 0.25) is 5.15 Å². The van der Waals surface area contributed by atoms with E-state index in [9.17, 15) is 4.79 Å². The van der Waals surface area contributed by atoms with Gasteiger partial charge in [-0.05, 0) is 18.4 Å². The van der Waals surface area contributed by atoms with E-state index in [0.29, 0.717) is 11.6 Å². The zero-order valence-corrected chi connectivity index (χ0v) is 13.8. The zero-order valence-electron chi connectivity index (χ0n) is 13.1. The number of aromatic nitrogens is 2. The summed E-state index contributed by atoms with van der Waals surface area (Å²) in [6, 6.07) is 10.1. The summed E-state index contributed by atoms with van der Waals surface area (Å²) in [7, 11) is 0. The maximum Gasteiger partial charge on any atom is 0.232 e. The Bertz CT molecular complexity index is 699. The molecule has 1 aliphatic rings. The van der Waals surface area contributed by atoms with Gasteiger partial charge in [0, 0.05) is 32.0 Å². The molecule has 23 heavy (non-hydrogen) atoms. The van der Waals surface area contributed by atoms with Gasteiger partial charge in [-0.25, -0.2) is 4.98 Å². The molecule has 0 unspecified atom stereocenters. The monoisotopic (exact) mass is 330 g/mol. The molecular formula is C17H19ClN4O. The first kappa shape index (κ1) is 15.7. The van der Waals surface area contributed by atoms with Gasteiger partial charge in [0.1, 0.15) is 11.0 Å². The third-order valence-corrected chi connectivity index (χ3v) is 4.16. The van der Waals surface area contributed by atoms with Crippen molar-refractivity contribution in [2.24, 2.45) is 0 Å². The van der Waals surface area contributed by atoms with Crippen molar-refractivity contribution in [3.63, 3.8) is 0 Å². The van der Waals surface area contributed by atoms with Crippen LogP contribution in [0.4, 0.5) is 11.8 Å². The Morgan fingerprint density at radius 2 is 1.91 bits per heavy atom. The molecule has 1 saturated heterocycles. The second kappa shape index (κ2) is 6.96. The van der Waals surface area contributed by atoms with Gasteiger partial charge in [0.25, 0.3) is 0 Å². The first-order chi connectivity index (χ1) is 11.1. The molecule has 5 nitrogen and oxygen atoms in total. The third-order valence-electron chi connectivity index (χ3n) is 3.85. The van der Waals surface area contributed by atoms with Gasteiger partial charge in [0.15, 0.2) is 0 Å².